The summed E-state index contributed by atoms with van der Waals surface area (Å²) < 4.78 is 11.2. The fraction of sp³-hybridized carbons (Fsp3) is 0.429. The quantitative estimate of drug-likeness (QED) is 0.714. The van der Waals surface area contributed by atoms with Crippen molar-refractivity contribution < 1.29 is 23.8 Å². The van der Waals surface area contributed by atoms with Crippen molar-refractivity contribution >= 4 is 28.4 Å². The van der Waals surface area contributed by atoms with Gasteiger partial charge in [-0.25, -0.2) is 4.79 Å². The number of nitrogens with one attached hydrogen (secondary N) is 1. The van der Waals surface area contributed by atoms with E-state index in [4.69, 9.17) is 9.15 Å². The molecule has 2 rings (SSSR count). The smallest absolute Gasteiger partial charge is 0.326 e. The lowest BCUT2D eigenvalue weighted by atomic mass is 10.0. The van der Waals surface area contributed by atoms with E-state index in [2.05, 4.69) is 5.32 Å². The maximum absolute atomic E-state index is 12.3. The molecule has 146 valence electrons. The van der Waals surface area contributed by atoms with E-state index in [1.54, 1.807) is 20.1 Å². The van der Waals surface area contributed by atoms with Crippen LogP contribution in [0.4, 0.5) is 0 Å². The highest BCUT2D eigenvalue weighted by atomic mass is 16.5. The minimum Gasteiger partial charge on any atom is -0.496 e. The van der Waals surface area contributed by atoms with Crippen LogP contribution in [0.3, 0.4) is 0 Å². The molecule has 6 heteroatoms. The Hall–Kier alpha value is -2.76. The molecule has 1 amide bonds. The summed E-state index contributed by atoms with van der Waals surface area (Å²) in [6, 6.07) is 2.82. The van der Waals surface area contributed by atoms with Crippen LogP contribution in [-0.4, -0.2) is 30.1 Å². The molecule has 1 aromatic carbocycles. The number of methoxy groups -OCH3 is 1. The average molecular weight is 373 g/mol. The van der Waals surface area contributed by atoms with Gasteiger partial charge in [0.1, 0.15) is 23.1 Å². The molecule has 0 bridgehead atoms. The zero-order valence-corrected chi connectivity index (χ0v) is 16.7. The number of benzene rings is 1. The Labute approximate surface area is 159 Å². The number of carboxylic acids is 1. The summed E-state index contributed by atoms with van der Waals surface area (Å²) in [4.78, 5) is 23.7. The Bertz CT molecular complexity index is 892. The van der Waals surface area contributed by atoms with Crippen LogP contribution in [0.25, 0.3) is 16.5 Å². The van der Waals surface area contributed by atoms with Crippen molar-refractivity contribution in [2.24, 2.45) is 5.92 Å². The molecule has 0 aliphatic carbocycles. The van der Waals surface area contributed by atoms with E-state index < -0.39 is 17.9 Å². The zero-order chi connectivity index (χ0) is 20.3. The number of aryl methyl sites for hydroxylation is 2. The molecule has 6 nitrogen and oxygen atoms in total. The van der Waals surface area contributed by atoms with Crippen molar-refractivity contribution in [1.82, 2.24) is 5.32 Å². The average Bonchev–Trinajstić information content (AvgIpc) is 2.86. The van der Waals surface area contributed by atoms with Crippen LogP contribution in [-0.2, 0) is 9.59 Å². The molecular formula is C21H27NO5. The number of hydrogen-bond donors (Lipinski definition) is 2. The number of rotatable bonds is 7. The summed E-state index contributed by atoms with van der Waals surface area (Å²) in [5, 5.41) is 12.8. The van der Waals surface area contributed by atoms with E-state index in [1.165, 1.54) is 6.08 Å². The third-order valence-electron chi connectivity index (χ3n) is 4.59. The third-order valence-corrected chi connectivity index (χ3v) is 4.59. The van der Waals surface area contributed by atoms with Crippen LogP contribution >= 0.6 is 0 Å². The Balaban J connectivity index is 2.34. The molecule has 0 aliphatic heterocycles. The van der Waals surface area contributed by atoms with Gasteiger partial charge in [0.05, 0.1) is 7.11 Å². The highest BCUT2D eigenvalue weighted by Gasteiger charge is 2.21. The van der Waals surface area contributed by atoms with Crippen LogP contribution in [0.2, 0.25) is 0 Å². The highest BCUT2D eigenvalue weighted by Crippen LogP contribution is 2.34. The van der Waals surface area contributed by atoms with E-state index in [0.29, 0.717) is 17.7 Å². The molecule has 0 radical (unpaired) electrons. The lowest BCUT2D eigenvalue weighted by Crippen LogP contribution is -2.40. The summed E-state index contributed by atoms with van der Waals surface area (Å²) in [7, 11) is 1.56. The Morgan fingerprint density at radius 2 is 1.96 bits per heavy atom. The maximum atomic E-state index is 12.3. The first kappa shape index (κ1) is 20.6. The predicted molar refractivity (Wildman–Crippen MR) is 105 cm³/mol. The maximum Gasteiger partial charge on any atom is 0.326 e. The summed E-state index contributed by atoms with van der Waals surface area (Å²) in [5.74, 6) is 0.108. The van der Waals surface area contributed by atoms with Gasteiger partial charge < -0.3 is 19.6 Å². The second-order valence-electron chi connectivity index (χ2n) is 7.19. The summed E-state index contributed by atoms with van der Waals surface area (Å²) in [6.45, 7) is 9.51. The second-order valence-corrected chi connectivity index (χ2v) is 7.19. The number of furan rings is 1. The molecule has 1 aromatic heterocycles. The van der Waals surface area contributed by atoms with E-state index in [-0.39, 0.29) is 5.92 Å². The van der Waals surface area contributed by atoms with Gasteiger partial charge in [0.2, 0.25) is 5.91 Å². The summed E-state index contributed by atoms with van der Waals surface area (Å²) >= 11 is 0. The molecule has 1 atom stereocenters. The van der Waals surface area contributed by atoms with Crippen molar-refractivity contribution in [3.05, 3.63) is 35.1 Å². The van der Waals surface area contributed by atoms with Crippen LogP contribution in [0.15, 0.2) is 22.6 Å². The molecule has 1 heterocycles. The van der Waals surface area contributed by atoms with Crippen molar-refractivity contribution in [2.45, 2.75) is 47.1 Å². The van der Waals surface area contributed by atoms with Crippen molar-refractivity contribution in [2.75, 3.05) is 7.11 Å². The SMILES string of the molecule is COc1cc2oc(C)c(C)c2cc1/C(C)=C/C(=O)NC(CC(C)C)C(=O)O. The molecule has 0 saturated carbocycles. The number of ether oxygens (including phenoxy) is 1. The molecule has 0 spiro atoms. The molecule has 2 N–H and O–H groups in total. The zero-order valence-electron chi connectivity index (χ0n) is 16.7. The van der Waals surface area contributed by atoms with Gasteiger partial charge in [-0.2, -0.15) is 0 Å². The van der Waals surface area contributed by atoms with Gasteiger partial charge >= 0.3 is 5.97 Å². The Morgan fingerprint density at radius 1 is 1.30 bits per heavy atom. The number of hydrogen-bond acceptors (Lipinski definition) is 4. The lowest BCUT2D eigenvalue weighted by Gasteiger charge is -2.16. The molecule has 0 fully saturated rings. The number of fused-ring (bicyclic) bond motifs is 1. The fourth-order valence-corrected chi connectivity index (χ4v) is 3.03. The standard InChI is InChI=1S/C21H27NO5/c1-11(2)7-17(21(24)25)22-20(23)8-12(3)15-9-16-13(4)14(5)27-19(16)10-18(15)26-6/h8-11,17H,7H2,1-6H3,(H,22,23)(H,24,25)/b12-8+. The minimum absolute atomic E-state index is 0.159. The van der Waals surface area contributed by atoms with Crippen molar-refractivity contribution in [3.8, 4) is 5.75 Å². The molecular weight excluding hydrogens is 346 g/mol. The van der Waals surface area contributed by atoms with Gasteiger partial charge in [0.15, 0.2) is 0 Å². The second kappa shape index (κ2) is 8.29. The first-order valence-corrected chi connectivity index (χ1v) is 8.93. The first-order chi connectivity index (χ1) is 12.6. The van der Waals surface area contributed by atoms with Crippen molar-refractivity contribution in [1.29, 1.82) is 0 Å². The summed E-state index contributed by atoms with van der Waals surface area (Å²) in [5.41, 5.74) is 3.21. The topological polar surface area (TPSA) is 88.8 Å². The molecule has 0 saturated heterocycles. The van der Waals surface area contributed by atoms with Crippen molar-refractivity contribution in [3.63, 3.8) is 0 Å². The number of allylic oxidation sites excluding steroid dienone is 1. The first-order valence-electron chi connectivity index (χ1n) is 8.93. The molecule has 2 aromatic rings. The molecule has 0 aliphatic rings. The lowest BCUT2D eigenvalue weighted by molar-refractivity contribution is -0.141. The summed E-state index contributed by atoms with van der Waals surface area (Å²) in [6.07, 6.45) is 1.78. The number of carboxylic acid groups (broad SMARTS) is 1. The van der Waals surface area contributed by atoms with E-state index in [0.717, 1.165) is 27.9 Å². The van der Waals surface area contributed by atoms with Gasteiger partial charge in [-0.15, -0.1) is 0 Å². The minimum atomic E-state index is -1.04. The van der Waals surface area contributed by atoms with Gasteiger partial charge in [0, 0.05) is 23.1 Å². The Morgan fingerprint density at radius 3 is 2.52 bits per heavy atom. The van der Waals surface area contributed by atoms with Gasteiger partial charge in [0.25, 0.3) is 0 Å². The predicted octanol–water partition coefficient (Wildman–Crippen LogP) is 4.08. The van der Waals surface area contributed by atoms with E-state index >= 15 is 0 Å². The van der Waals surface area contributed by atoms with Crippen LogP contribution < -0.4 is 10.1 Å². The van der Waals surface area contributed by atoms with Crippen LogP contribution in [0.5, 0.6) is 5.75 Å². The van der Waals surface area contributed by atoms with Gasteiger partial charge in [-0.05, 0) is 50.3 Å². The van der Waals surface area contributed by atoms with E-state index in [9.17, 15) is 14.7 Å². The highest BCUT2D eigenvalue weighted by molar-refractivity contribution is 5.98. The third kappa shape index (κ3) is 4.70. The van der Waals surface area contributed by atoms with Crippen LogP contribution in [0, 0.1) is 19.8 Å². The normalized spacial score (nSPS) is 13.1. The number of carbonyl (C=O) groups excluding carboxylic acids is 1. The van der Waals surface area contributed by atoms with Gasteiger partial charge in [-0.1, -0.05) is 13.8 Å². The number of carbonyl (C=O) groups is 2. The van der Waals surface area contributed by atoms with Gasteiger partial charge in [-0.3, -0.25) is 4.79 Å². The number of amides is 1. The monoisotopic (exact) mass is 373 g/mol. The van der Waals surface area contributed by atoms with Crippen LogP contribution in [0.1, 0.15) is 44.1 Å². The fourth-order valence-electron chi connectivity index (χ4n) is 3.03. The van der Waals surface area contributed by atoms with E-state index in [1.807, 2.05) is 33.8 Å². The number of aliphatic carboxylic acids is 1. The molecule has 27 heavy (non-hydrogen) atoms. The Kier molecular flexibility index (Phi) is 6.31. The largest absolute Gasteiger partial charge is 0.496 e. The molecule has 1 unspecified atom stereocenters.